The fourth-order valence-corrected chi connectivity index (χ4v) is 1.26. The lowest BCUT2D eigenvalue weighted by molar-refractivity contribution is -0.120. The van der Waals surface area contributed by atoms with Crippen LogP contribution in [0.4, 0.5) is 0 Å². The number of rotatable bonds is 10. The van der Waals surface area contributed by atoms with Crippen LogP contribution in [-0.2, 0) is 9.53 Å². The Hall–Kier alpha value is -0.990. The van der Waals surface area contributed by atoms with Gasteiger partial charge in [-0.2, -0.15) is 4.79 Å². The summed E-state index contributed by atoms with van der Waals surface area (Å²) in [5.41, 5.74) is 8.05. The molecule has 0 saturated heterocycles. The fourth-order valence-electron chi connectivity index (χ4n) is 1.26. The topological polar surface area (TPSA) is 62.7 Å². The minimum Gasteiger partial charge on any atom is -0.373 e. The molecule has 0 bridgehead atoms. The Labute approximate surface area is 91.2 Å². The quantitative estimate of drug-likeness (QED) is 0.241. The molecular formula is C11H20N2O2. The van der Waals surface area contributed by atoms with Gasteiger partial charge >= 0.3 is 6.21 Å². The highest BCUT2D eigenvalue weighted by molar-refractivity contribution is 6.25. The minimum absolute atomic E-state index is 0.0129. The van der Waals surface area contributed by atoms with E-state index < -0.39 is 0 Å². The van der Waals surface area contributed by atoms with Crippen molar-refractivity contribution >= 4 is 12.0 Å². The normalized spacial score (nSPS) is 9.67. The Morgan fingerprint density at radius 1 is 1.27 bits per heavy atom. The van der Waals surface area contributed by atoms with Gasteiger partial charge in [0.25, 0.3) is 5.78 Å². The number of carbonyl (C=O) groups excluding carboxylic acids is 1. The third-order valence-corrected chi connectivity index (χ3v) is 2.09. The van der Waals surface area contributed by atoms with Crippen molar-refractivity contribution in [2.75, 3.05) is 13.2 Å². The molecule has 0 fully saturated rings. The number of Topliss-reactive ketones (excluding diaryl/α,β-unsaturated/α-hetero) is 1. The van der Waals surface area contributed by atoms with Crippen LogP contribution in [0.1, 0.15) is 45.4 Å². The van der Waals surface area contributed by atoms with Gasteiger partial charge < -0.3 is 10.3 Å². The van der Waals surface area contributed by atoms with Gasteiger partial charge in [-0.05, 0) is 6.42 Å². The molecule has 15 heavy (non-hydrogen) atoms. The van der Waals surface area contributed by atoms with Crippen LogP contribution in [0.2, 0.25) is 0 Å². The molecule has 0 radical (unpaired) electrons. The molecule has 0 N–H and O–H groups in total. The fraction of sp³-hybridized carbons (Fsp3) is 0.818. The second kappa shape index (κ2) is 11.1. The van der Waals surface area contributed by atoms with Crippen LogP contribution in [-0.4, -0.2) is 30.0 Å². The smallest absolute Gasteiger partial charge is 0.325 e. The summed E-state index contributed by atoms with van der Waals surface area (Å²) in [6.07, 6.45) is 8.09. The zero-order valence-corrected chi connectivity index (χ0v) is 9.45. The van der Waals surface area contributed by atoms with Crippen molar-refractivity contribution < 1.29 is 14.3 Å². The van der Waals surface area contributed by atoms with Crippen molar-refractivity contribution in [3.63, 3.8) is 0 Å². The first-order valence-corrected chi connectivity index (χ1v) is 5.59. The van der Waals surface area contributed by atoms with Crippen molar-refractivity contribution in [2.24, 2.45) is 0 Å². The molecule has 0 rings (SSSR count). The van der Waals surface area contributed by atoms with Crippen molar-refractivity contribution in [3.8, 4) is 0 Å². The summed E-state index contributed by atoms with van der Waals surface area (Å²) in [7, 11) is 0. The van der Waals surface area contributed by atoms with E-state index in [2.05, 4.69) is 11.7 Å². The molecular weight excluding hydrogens is 192 g/mol. The Balaban J connectivity index is 3.11. The number of ether oxygens (including phenoxy) is 1. The van der Waals surface area contributed by atoms with E-state index in [1.807, 2.05) is 0 Å². The average molecular weight is 212 g/mol. The van der Waals surface area contributed by atoms with E-state index in [0.29, 0.717) is 6.61 Å². The van der Waals surface area contributed by atoms with Crippen molar-refractivity contribution in [3.05, 3.63) is 5.53 Å². The van der Waals surface area contributed by atoms with E-state index >= 15 is 0 Å². The molecule has 0 atom stereocenters. The number of hydrogen-bond donors (Lipinski definition) is 0. The number of carbonyl (C=O) groups is 1. The highest BCUT2D eigenvalue weighted by Crippen LogP contribution is 2.04. The van der Waals surface area contributed by atoms with Gasteiger partial charge in [0.2, 0.25) is 0 Å². The zero-order chi connectivity index (χ0) is 11.4. The molecule has 0 saturated carbocycles. The van der Waals surface area contributed by atoms with E-state index in [0.717, 1.165) is 19.1 Å². The van der Waals surface area contributed by atoms with Gasteiger partial charge in [-0.15, -0.1) is 0 Å². The summed E-state index contributed by atoms with van der Waals surface area (Å²) in [5, 5.41) is 0. The van der Waals surface area contributed by atoms with Crippen LogP contribution < -0.4 is 0 Å². The first kappa shape index (κ1) is 14.0. The maximum Gasteiger partial charge on any atom is 0.325 e. The largest absolute Gasteiger partial charge is 0.373 e. The van der Waals surface area contributed by atoms with Crippen LogP contribution in [0.5, 0.6) is 0 Å². The number of ketones is 1. The maximum absolute atomic E-state index is 10.8. The standard InChI is InChI=1S/C11H20N2O2/c1-2-3-4-5-6-7-8-15-10-11(14)9-13-12/h9H,2-8,10H2,1H3. The number of hydrogen-bond acceptors (Lipinski definition) is 2. The molecule has 0 amide bonds. The lowest BCUT2D eigenvalue weighted by atomic mass is 10.1. The van der Waals surface area contributed by atoms with Crippen LogP contribution in [0.15, 0.2) is 0 Å². The van der Waals surface area contributed by atoms with Crippen molar-refractivity contribution in [1.82, 2.24) is 0 Å². The molecule has 0 spiro atoms. The summed E-state index contributed by atoms with van der Waals surface area (Å²) in [6, 6.07) is 0. The van der Waals surface area contributed by atoms with Crippen LogP contribution >= 0.6 is 0 Å². The highest BCUT2D eigenvalue weighted by atomic mass is 16.5. The van der Waals surface area contributed by atoms with E-state index in [-0.39, 0.29) is 12.4 Å². The molecule has 0 aromatic carbocycles. The number of unbranched alkanes of at least 4 members (excludes halogenated alkanes) is 5. The molecule has 0 aliphatic carbocycles. The monoisotopic (exact) mass is 212 g/mol. The zero-order valence-electron chi connectivity index (χ0n) is 9.45. The molecule has 86 valence electrons. The van der Waals surface area contributed by atoms with E-state index in [9.17, 15) is 4.79 Å². The number of nitrogens with zero attached hydrogens (tertiary/aromatic N) is 2. The first-order chi connectivity index (χ1) is 7.31. The highest BCUT2D eigenvalue weighted by Gasteiger charge is 2.01. The summed E-state index contributed by atoms with van der Waals surface area (Å²) < 4.78 is 5.10. The molecule has 0 unspecified atom stereocenters. The SMILES string of the molecule is CCCCCCCCOCC(=O)C=[N+]=[N-]. The van der Waals surface area contributed by atoms with Gasteiger partial charge in [-0.25, -0.2) is 0 Å². The Morgan fingerprint density at radius 3 is 2.60 bits per heavy atom. The third-order valence-electron chi connectivity index (χ3n) is 2.09. The lowest BCUT2D eigenvalue weighted by Crippen LogP contribution is -2.10. The molecule has 0 aliphatic rings. The first-order valence-electron chi connectivity index (χ1n) is 5.59. The second-order valence-corrected chi connectivity index (χ2v) is 3.53. The van der Waals surface area contributed by atoms with Gasteiger partial charge in [0.15, 0.2) is 0 Å². The predicted molar refractivity (Wildman–Crippen MR) is 58.9 cm³/mol. The summed E-state index contributed by atoms with van der Waals surface area (Å²) in [6.45, 7) is 2.81. The summed E-state index contributed by atoms with van der Waals surface area (Å²) in [4.78, 5) is 13.4. The third kappa shape index (κ3) is 10.9. The van der Waals surface area contributed by atoms with Gasteiger partial charge in [-0.1, -0.05) is 39.0 Å². The minimum atomic E-state index is -0.302. The van der Waals surface area contributed by atoms with E-state index in [4.69, 9.17) is 10.3 Å². The van der Waals surface area contributed by atoms with Gasteiger partial charge in [-0.3, -0.25) is 4.79 Å². The van der Waals surface area contributed by atoms with Gasteiger partial charge in [0, 0.05) is 6.61 Å². The maximum atomic E-state index is 10.8. The Kier molecular flexibility index (Phi) is 10.4. The van der Waals surface area contributed by atoms with Crippen LogP contribution in [0.25, 0.3) is 5.53 Å². The summed E-state index contributed by atoms with van der Waals surface area (Å²) in [5.74, 6) is -0.302. The Morgan fingerprint density at radius 2 is 1.93 bits per heavy atom. The lowest BCUT2D eigenvalue weighted by Gasteiger charge is -2.00. The molecule has 0 heterocycles. The van der Waals surface area contributed by atoms with Gasteiger partial charge in [0.05, 0.1) is 0 Å². The van der Waals surface area contributed by atoms with Gasteiger partial charge in [0.1, 0.15) is 6.61 Å². The Bertz CT molecular complexity index is 211. The van der Waals surface area contributed by atoms with E-state index in [1.54, 1.807) is 0 Å². The second-order valence-electron chi connectivity index (χ2n) is 3.53. The van der Waals surface area contributed by atoms with E-state index in [1.165, 1.54) is 25.7 Å². The molecule has 0 aliphatic heterocycles. The molecule has 4 heteroatoms. The predicted octanol–water partition coefficient (Wildman–Crippen LogP) is 2.23. The van der Waals surface area contributed by atoms with Crippen molar-refractivity contribution in [1.29, 1.82) is 0 Å². The molecule has 4 nitrogen and oxygen atoms in total. The van der Waals surface area contributed by atoms with Crippen LogP contribution in [0.3, 0.4) is 0 Å². The average Bonchev–Trinajstić information content (AvgIpc) is 2.22. The van der Waals surface area contributed by atoms with Crippen LogP contribution in [0, 0.1) is 0 Å². The van der Waals surface area contributed by atoms with Crippen molar-refractivity contribution in [2.45, 2.75) is 45.4 Å². The molecule has 0 aromatic rings. The molecule has 0 aromatic heterocycles. The summed E-state index contributed by atoms with van der Waals surface area (Å²) >= 11 is 0.